The lowest BCUT2D eigenvalue weighted by Gasteiger charge is -2.20. The van der Waals surface area contributed by atoms with Crippen LogP contribution in [-0.2, 0) is 0 Å². The highest BCUT2D eigenvalue weighted by molar-refractivity contribution is 5.59. The molecule has 2 atom stereocenters. The minimum Gasteiger partial charge on any atom is -0.497 e. The number of ether oxygens (including phenoxy) is 2. The first kappa shape index (κ1) is 12.0. The van der Waals surface area contributed by atoms with E-state index >= 15 is 0 Å². The van der Waals surface area contributed by atoms with E-state index in [2.05, 4.69) is 5.32 Å². The Kier molecular flexibility index (Phi) is 3.74. The van der Waals surface area contributed by atoms with Gasteiger partial charge in [0.05, 0.1) is 19.9 Å². The Bertz CT molecular complexity index is 382. The third-order valence-electron chi connectivity index (χ3n) is 3.32. The van der Waals surface area contributed by atoms with E-state index in [1.807, 2.05) is 18.2 Å². The van der Waals surface area contributed by atoms with Crippen LogP contribution in [-0.4, -0.2) is 26.3 Å². The van der Waals surface area contributed by atoms with Crippen LogP contribution < -0.4 is 20.5 Å². The van der Waals surface area contributed by atoms with Crippen molar-refractivity contribution in [2.45, 2.75) is 31.3 Å². The molecule has 0 aromatic heterocycles. The normalized spacial score (nSPS) is 23.5. The zero-order valence-electron chi connectivity index (χ0n) is 10.4. The second kappa shape index (κ2) is 5.27. The van der Waals surface area contributed by atoms with Gasteiger partial charge in [-0.05, 0) is 31.4 Å². The maximum absolute atomic E-state index is 6.05. The van der Waals surface area contributed by atoms with Crippen molar-refractivity contribution < 1.29 is 9.47 Å². The molecule has 3 N–H and O–H groups in total. The molecule has 2 rings (SSSR count). The number of rotatable bonds is 4. The molecular weight excluding hydrogens is 216 g/mol. The van der Waals surface area contributed by atoms with Crippen LogP contribution in [0.1, 0.15) is 19.3 Å². The van der Waals surface area contributed by atoms with Gasteiger partial charge in [-0.2, -0.15) is 0 Å². The summed E-state index contributed by atoms with van der Waals surface area (Å²) in [5.74, 6) is 1.59. The number of hydrogen-bond donors (Lipinski definition) is 2. The molecule has 4 nitrogen and oxygen atoms in total. The Balaban J connectivity index is 2.14. The Morgan fingerprint density at radius 2 is 2.06 bits per heavy atom. The van der Waals surface area contributed by atoms with E-state index in [-0.39, 0.29) is 6.04 Å². The fraction of sp³-hybridized carbons (Fsp3) is 0.538. The summed E-state index contributed by atoms with van der Waals surface area (Å²) in [6.07, 6.45) is 3.41. The quantitative estimate of drug-likeness (QED) is 0.839. The van der Waals surface area contributed by atoms with Crippen LogP contribution in [0.3, 0.4) is 0 Å². The van der Waals surface area contributed by atoms with E-state index in [9.17, 15) is 0 Å². The topological polar surface area (TPSA) is 56.5 Å². The first-order valence-corrected chi connectivity index (χ1v) is 5.98. The maximum Gasteiger partial charge on any atom is 0.145 e. The predicted octanol–water partition coefficient (Wildman–Crippen LogP) is 2.00. The van der Waals surface area contributed by atoms with Crippen molar-refractivity contribution in [3.8, 4) is 11.5 Å². The highest BCUT2D eigenvalue weighted by Crippen LogP contribution is 2.31. The Morgan fingerprint density at radius 3 is 2.65 bits per heavy atom. The lowest BCUT2D eigenvalue weighted by molar-refractivity contribution is 0.395. The first-order chi connectivity index (χ1) is 8.24. The fourth-order valence-corrected chi connectivity index (χ4v) is 2.29. The molecule has 94 valence electrons. The molecule has 1 saturated carbocycles. The second-order valence-electron chi connectivity index (χ2n) is 4.41. The van der Waals surface area contributed by atoms with Crippen molar-refractivity contribution in [2.24, 2.45) is 5.73 Å². The molecule has 1 aliphatic rings. The van der Waals surface area contributed by atoms with Gasteiger partial charge >= 0.3 is 0 Å². The van der Waals surface area contributed by atoms with E-state index in [4.69, 9.17) is 15.2 Å². The SMILES string of the molecule is COc1ccc(NC2CCCC2N)c(OC)c1. The lowest BCUT2D eigenvalue weighted by Crippen LogP contribution is -2.35. The molecule has 0 aliphatic heterocycles. The van der Waals surface area contributed by atoms with Crippen molar-refractivity contribution in [2.75, 3.05) is 19.5 Å². The van der Waals surface area contributed by atoms with Crippen LogP contribution >= 0.6 is 0 Å². The van der Waals surface area contributed by atoms with Gasteiger partial charge in [-0.3, -0.25) is 0 Å². The van der Waals surface area contributed by atoms with Gasteiger partial charge in [-0.15, -0.1) is 0 Å². The van der Waals surface area contributed by atoms with Crippen molar-refractivity contribution in [3.05, 3.63) is 18.2 Å². The van der Waals surface area contributed by atoms with Gasteiger partial charge in [0.2, 0.25) is 0 Å². The van der Waals surface area contributed by atoms with Gasteiger partial charge in [0, 0.05) is 18.2 Å². The van der Waals surface area contributed by atoms with Crippen LogP contribution in [0.4, 0.5) is 5.69 Å². The van der Waals surface area contributed by atoms with E-state index in [1.165, 1.54) is 6.42 Å². The monoisotopic (exact) mass is 236 g/mol. The molecule has 0 spiro atoms. The number of methoxy groups -OCH3 is 2. The van der Waals surface area contributed by atoms with Gasteiger partial charge in [-0.1, -0.05) is 0 Å². The number of hydrogen-bond acceptors (Lipinski definition) is 4. The summed E-state index contributed by atoms with van der Waals surface area (Å²) >= 11 is 0. The minimum atomic E-state index is 0.238. The van der Waals surface area contributed by atoms with Crippen molar-refractivity contribution in [1.82, 2.24) is 0 Å². The molecule has 1 aromatic carbocycles. The third kappa shape index (κ3) is 2.64. The molecule has 2 unspecified atom stereocenters. The van der Waals surface area contributed by atoms with Crippen LogP contribution in [0.2, 0.25) is 0 Å². The number of nitrogens with one attached hydrogen (secondary N) is 1. The molecule has 1 aromatic rings. The van der Waals surface area contributed by atoms with Gasteiger partial charge in [-0.25, -0.2) is 0 Å². The summed E-state index contributed by atoms with van der Waals surface area (Å²) in [6.45, 7) is 0. The third-order valence-corrected chi connectivity index (χ3v) is 3.32. The summed E-state index contributed by atoms with van der Waals surface area (Å²) in [5.41, 5.74) is 7.03. The number of anilines is 1. The average Bonchev–Trinajstić information content (AvgIpc) is 2.75. The molecular formula is C13H20N2O2. The Labute approximate surface area is 102 Å². The van der Waals surface area contributed by atoms with Crippen molar-refractivity contribution >= 4 is 5.69 Å². The average molecular weight is 236 g/mol. The van der Waals surface area contributed by atoms with Gasteiger partial charge < -0.3 is 20.5 Å². The Morgan fingerprint density at radius 1 is 1.24 bits per heavy atom. The molecule has 1 aliphatic carbocycles. The van der Waals surface area contributed by atoms with Crippen LogP contribution in [0.25, 0.3) is 0 Å². The van der Waals surface area contributed by atoms with Crippen LogP contribution in [0, 0.1) is 0 Å². The highest BCUT2D eigenvalue weighted by atomic mass is 16.5. The summed E-state index contributed by atoms with van der Waals surface area (Å²) in [5, 5.41) is 3.46. The van der Waals surface area contributed by atoms with Gasteiger partial charge in [0.15, 0.2) is 0 Å². The summed E-state index contributed by atoms with van der Waals surface area (Å²) in [7, 11) is 3.31. The molecule has 0 heterocycles. The molecule has 0 saturated heterocycles. The minimum absolute atomic E-state index is 0.238. The Hall–Kier alpha value is -1.42. The van der Waals surface area contributed by atoms with Gasteiger partial charge in [0.25, 0.3) is 0 Å². The zero-order chi connectivity index (χ0) is 12.3. The lowest BCUT2D eigenvalue weighted by atomic mass is 10.1. The molecule has 4 heteroatoms. The van der Waals surface area contributed by atoms with E-state index in [1.54, 1.807) is 14.2 Å². The summed E-state index contributed by atoms with van der Waals surface area (Å²) in [6, 6.07) is 6.36. The smallest absolute Gasteiger partial charge is 0.145 e. The van der Waals surface area contributed by atoms with Gasteiger partial charge in [0.1, 0.15) is 11.5 Å². The van der Waals surface area contributed by atoms with Crippen LogP contribution in [0.5, 0.6) is 11.5 Å². The largest absolute Gasteiger partial charge is 0.497 e. The number of benzene rings is 1. The molecule has 0 radical (unpaired) electrons. The molecule has 0 bridgehead atoms. The predicted molar refractivity (Wildman–Crippen MR) is 68.8 cm³/mol. The van der Waals surface area contributed by atoms with Crippen molar-refractivity contribution in [1.29, 1.82) is 0 Å². The highest BCUT2D eigenvalue weighted by Gasteiger charge is 2.24. The second-order valence-corrected chi connectivity index (χ2v) is 4.41. The number of nitrogens with two attached hydrogens (primary N) is 1. The van der Waals surface area contributed by atoms with E-state index < -0.39 is 0 Å². The zero-order valence-corrected chi connectivity index (χ0v) is 10.4. The molecule has 17 heavy (non-hydrogen) atoms. The van der Waals surface area contributed by atoms with Crippen molar-refractivity contribution in [3.63, 3.8) is 0 Å². The molecule has 0 amide bonds. The first-order valence-electron chi connectivity index (χ1n) is 5.98. The summed E-state index contributed by atoms with van der Waals surface area (Å²) in [4.78, 5) is 0. The van der Waals surface area contributed by atoms with Crippen LogP contribution in [0.15, 0.2) is 18.2 Å². The molecule has 1 fully saturated rings. The maximum atomic E-state index is 6.05. The summed E-state index contributed by atoms with van der Waals surface area (Å²) < 4.78 is 10.5. The van der Waals surface area contributed by atoms with E-state index in [0.717, 1.165) is 30.0 Å². The van der Waals surface area contributed by atoms with E-state index in [0.29, 0.717) is 6.04 Å². The fourth-order valence-electron chi connectivity index (χ4n) is 2.29. The standard InChI is InChI=1S/C13H20N2O2/c1-16-9-6-7-12(13(8-9)17-2)15-11-5-3-4-10(11)14/h6-8,10-11,15H,3-5,14H2,1-2H3.